The Hall–Kier alpha value is -3.08. The lowest BCUT2D eigenvalue weighted by atomic mass is 10.1. The van der Waals surface area contributed by atoms with E-state index < -0.39 is 11.7 Å². The Bertz CT molecular complexity index is 1150. The Kier molecular flexibility index (Phi) is 13.3. The molecule has 8 nitrogen and oxygen atoms in total. The number of aryl methyl sites for hydroxylation is 1. The van der Waals surface area contributed by atoms with Gasteiger partial charge in [-0.2, -0.15) is 18.2 Å². The molecule has 1 aliphatic carbocycles. The first-order valence-corrected chi connectivity index (χ1v) is 16.0. The predicted molar refractivity (Wildman–Crippen MR) is 169 cm³/mol. The predicted octanol–water partition coefficient (Wildman–Crippen LogP) is 6.81. The normalized spacial score (nSPS) is 16.0. The van der Waals surface area contributed by atoms with Crippen LogP contribution in [0.3, 0.4) is 0 Å². The maximum atomic E-state index is 13.8. The third-order valence-electron chi connectivity index (χ3n) is 8.09. The first-order valence-electron chi connectivity index (χ1n) is 16.0. The molecule has 0 bridgehead atoms. The van der Waals surface area contributed by atoms with Crippen LogP contribution in [0.15, 0.2) is 24.4 Å². The zero-order valence-corrected chi connectivity index (χ0v) is 26.6. The molecule has 2 aliphatic rings. The minimum Gasteiger partial charge on any atom is -0.369 e. The molecule has 43 heavy (non-hydrogen) atoms. The van der Waals surface area contributed by atoms with Gasteiger partial charge in [0.1, 0.15) is 11.4 Å². The Morgan fingerprint density at radius 2 is 1.77 bits per heavy atom. The van der Waals surface area contributed by atoms with E-state index in [-0.39, 0.29) is 30.1 Å². The van der Waals surface area contributed by atoms with Gasteiger partial charge in [0.05, 0.1) is 0 Å². The van der Waals surface area contributed by atoms with Crippen molar-refractivity contribution >= 4 is 29.0 Å². The van der Waals surface area contributed by atoms with E-state index in [1.165, 1.54) is 0 Å². The van der Waals surface area contributed by atoms with E-state index in [0.717, 1.165) is 87.8 Å². The van der Waals surface area contributed by atoms with Gasteiger partial charge in [-0.1, -0.05) is 40.5 Å². The van der Waals surface area contributed by atoms with Crippen LogP contribution in [0.5, 0.6) is 0 Å². The molecule has 1 aromatic heterocycles. The van der Waals surface area contributed by atoms with E-state index in [1.54, 1.807) is 0 Å². The highest BCUT2D eigenvalue weighted by Crippen LogP contribution is 2.35. The van der Waals surface area contributed by atoms with Gasteiger partial charge in [0, 0.05) is 69.3 Å². The van der Waals surface area contributed by atoms with Crippen molar-refractivity contribution in [1.29, 1.82) is 0 Å². The Morgan fingerprint density at radius 3 is 2.40 bits per heavy atom. The van der Waals surface area contributed by atoms with Crippen LogP contribution in [0.2, 0.25) is 0 Å². The second-order valence-corrected chi connectivity index (χ2v) is 11.2. The number of benzene rings is 1. The first-order chi connectivity index (χ1) is 20.7. The topological polar surface area (TPSA) is 76.6 Å². The molecule has 4 rings (SSSR count). The Labute approximate surface area is 255 Å². The number of nitrogens with one attached hydrogen (secondary N) is 2. The summed E-state index contributed by atoms with van der Waals surface area (Å²) < 4.78 is 41.4. The van der Waals surface area contributed by atoms with E-state index in [1.807, 2.05) is 44.7 Å². The smallest absolute Gasteiger partial charge is 0.369 e. The maximum Gasteiger partial charge on any atom is 0.421 e. The quantitative estimate of drug-likeness (QED) is 0.258. The zero-order valence-electron chi connectivity index (χ0n) is 26.6. The summed E-state index contributed by atoms with van der Waals surface area (Å²) in [5, 5.41) is 6.02. The summed E-state index contributed by atoms with van der Waals surface area (Å²) in [6, 6.07) is 6.11. The number of amides is 1. The van der Waals surface area contributed by atoms with E-state index in [9.17, 15) is 18.0 Å². The standard InChI is InChI=1S/C30H44F3N7O.C2H6/c1-4-14-40(28(41)23-9-6-7-10-23)15-8-13-34-27-25(30(31,32)33)21-35-29(37-27)36-26-12-11-24(20-22(26)5-2)39-18-16-38(3)17-19-39;1-2/h11-12,20-21,23H,4-10,13-19H2,1-3H3,(H2,34,35,36,37);1-2H3. The molecule has 0 spiro atoms. The average molecular weight is 606 g/mol. The molecule has 11 heteroatoms. The van der Waals surface area contributed by atoms with Gasteiger partial charge in [-0.05, 0) is 62.9 Å². The Balaban J connectivity index is 0.00000248. The van der Waals surface area contributed by atoms with E-state index in [2.05, 4.69) is 43.5 Å². The van der Waals surface area contributed by atoms with Crippen molar-refractivity contribution in [3.63, 3.8) is 0 Å². The van der Waals surface area contributed by atoms with Crippen LogP contribution >= 0.6 is 0 Å². The lowest BCUT2D eigenvalue weighted by Crippen LogP contribution is -2.44. The number of anilines is 4. The van der Waals surface area contributed by atoms with Crippen molar-refractivity contribution < 1.29 is 18.0 Å². The number of carbonyl (C=O) groups is 1. The van der Waals surface area contributed by atoms with Gasteiger partial charge in [0.25, 0.3) is 0 Å². The fraction of sp³-hybridized carbons (Fsp3) is 0.656. The van der Waals surface area contributed by atoms with Crippen molar-refractivity contribution in [3.8, 4) is 0 Å². The summed E-state index contributed by atoms with van der Waals surface area (Å²) in [7, 11) is 2.12. The molecule has 2 heterocycles. The SMILES string of the molecule is CC.CCCN(CCCNc1nc(Nc2ccc(N3CCN(C)CC3)cc2CC)ncc1C(F)(F)F)C(=O)C1CCCC1. The van der Waals surface area contributed by atoms with Gasteiger partial charge in [-0.25, -0.2) is 4.98 Å². The zero-order chi connectivity index (χ0) is 31.4. The van der Waals surface area contributed by atoms with Crippen molar-refractivity contribution in [2.45, 2.75) is 78.8 Å². The van der Waals surface area contributed by atoms with Crippen LogP contribution in [-0.2, 0) is 17.4 Å². The molecule has 0 unspecified atom stereocenters. The molecule has 1 aliphatic heterocycles. The van der Waals surface area contributed by atoms with Crippen LogP contribution in [0.4, 0.5) is 36.3 Å². The highest BCUT2D eigenvalue weighted by atomic mass is 19.4. The first kappa shape index (κ1) is 34.4. The number of rotatable bonds is 12. The van der Waals surface area contributed by atoms with Gasteiger partial charge in [-0.15, -0.1) is 0 Å². The molecule has 0 atom stereocenters. The maximum absolute atomic E-state index is 13.8. The van der Waals surface area contributed by atoms with Gasteiger partial charge in [-0.3, -0.25) is 4.79 Å². The van der Waals surface area contributed by atoms with E-state index in [0.29, 0.717) is 19.5 Å². The highest BCUT2D eigenvalue weighted by molar-refractivity contribution is 5.79. The molecule has 240 valence electrons. The number of nitrogens with zero attached hydrogens (tertiary/aromatic N) is 5. The van der Waals surface area contributed by atoms with E-state index >= 15 is 0 Å². The van der Waals surface area contributed by atoms with Gasteiger partial charge >= 0.3 is 6.18 Å². The summed E-state index contributed by atoms with van der Waals surface area (Å²) >= 11 is 0. The molecule has 1 saturated heterocycles. The lowest BCUT2D eigenvalue weighted by Gasteiger charge is -2.34. The van der Waals surface area contributed by atoms with Crippen LogP contribution in [0.25, 0.3) is 0 Å². The van der Waals surface area contributed by atoms with Crippen molar-refractivity contribution in [1.82, 2.24) is 19.8 Å². The summed E-state index contributed by atoms with van der Waals surface area (Å²) in [6.45, 7) is 13.4. The van der Waals surface area contributed by atoms with Crippen molar-refractivity contribution in [2.24, 2.45) is 5.92 Å². The summed E-state index contributed by atoms with van der Waals surface area (Å²) in [5.74, 6) is 0.113. The van der Waals surface area contributed by atoms with E-state index in [4.69, 9.17) is 0 Å². The lowest BCUT2D eigenvalue weighted by molar-refractivity contribution is -0.137. The molecule has 2 N–H and O–H groups in total. The molecule has 1 amide bonds. The number of hydrogen-bond donors (Lipinski definition) is 2. The summed E-state index contributed by atoms with van der Waals surface area (Å²) in [4.78, 5) is 27.7. The summed E-state index contributed by atoms with van der Waals surface area (Å²) in [5.41, 5.74) is 2.05. The number of piperazine rings is 1. The van der Waals surface area contributed by atoms with Crippen LogP contribution in [-0.4, -0.2) is 78.5 Å². The Morgan fingerprint density at radius 1 is 1.07 bits per heavy atom. The second kappa shape index (κ2) is 16.7. The van der Waals surface area contributed by atoms with Crippen LogP contribution in [0, 0.1) is 5.92 Å². The molecule has 2 fully saturated rings. The number of likely N-dealkylation sites (N-methyl/N-ethyl adjacent to an activating group) is 1. The molecular formula is C32H50F3N7O. The van der Waals surface area contributed by atoms with Crippen molar-refractivity contribution in [3.05, 3.63) is 35.5 Å². The molecule has 0 radical (unpaired) electrons. The monoisotopic (exact) mass is 605 g/mol. The number of aromatic nitrogens is 2. The van der Waals surface area contributed by atoms with Crippen LogP contribution in [0.1, 0.15) is 77.3 Å². The average Bonchev–Trinajstić information content (AvgIpc) is 3.55. The minimum absolute atomic E-state index is 0.0884. The van der Waals surface area contributed by atoms with Gasteiger partial charge in [0.15, 0.2) is 0 Å². The fourth-order valence-electron chi connectivity index (χ4n) is 5.67. The highest BCUT2D eigenvalue weighted by Gasteiger charge is 2.35. The fourth-order valence-corrected chi connectivity index (χ4v) is 5.67. The number of alkyl halides is 3. The molecule has 1 aromatic carbocycles. The number of carbonyl (C=O) groups excluding carboxylic acids is 1. The second-order valence-electron chi connectivity index (χ2n) is 11.2. The summed E-state index contributed by atoms with van der Waals surface area (Å²) in [6.07, 6.45) is 2.40. The van der Waals surface area contributed by atoms with Gasteiger partial charge in [0.2, 0.25) is 11.9 Å². The van der Waals surface area contributed by atoms with Crippen molar-refractivity contribution in [2.75, 3.05) is 68.4 Å². The minimum atomic E-state index is -4.59. The molecule has 1 saturated carbocycles. The molecule has 2 aromatic rings. The van der Waals surface area contributed by atoms with Crippen LogP contribution < -0.4 is 15.5 Å². The molecular weight excluding hydrogens is 555 g/mol. The third kappa shape index (κ3) is 9.71. The third-order valence-corrected chi connectivity index (χ3v) is 8.09. The largest absolute Gasteiger partial charge is 0.421 e. The number of halogens is 3. The number of hydrogen-bond acceptors (Lipinski definition) is 7. The van der Waals surface area contributed by atoms with Gasteiger partial charge < -0.3 is 25.3 Å².